The fraction of sp³-hybridized carbons (Fsp3) is 0.357. The number of thiazole rings is 1. The van der Waals surface area contributed by atoms with E-state index in [1.165, 1.54) is 4.88 Å². The highest BCUT2D eigenvalue weighted by Gasteiger charge is 2.15. The van der Waals surface area contributed by atoms with Crippen LogP contribution in [0.15, 0.2) is 24.4 Å². The Balaban J connectivity index is 1.75. The molecule has 0 spiro atoms. The largest absolute Gasteiger partial charge is 0.454 e. The molecule has 0 radical (unpaired) electrons. The van der Waals surface area contributed by atoms with Gasteiger partial charge in [-0.3, -0.25) is 0 Å². The van der Waals surface area contributed by atoms with Gasteiger partial charge in [-0.2, -0.15) is 0 Å². The molecule has 0 atom stereocenters. The van der Waals surface area contributed by atoms with E-state index >= 15 is 0 Å². The second-order valence-corrected chi connectivity index (χ2v) is 5.49. The smallest absolute Gasteiger partial charge is 0.231 e. The van der Waals surface area contributed by atoms with Crippen molar-refractivity contribution in [1.82, 2.24) is 10.3 Å². The van der Waals surface area contributed by atoms with Crippen LogP contribution < -0.4 is 14.8 Å². The van der Waals surface area contributed by atoms with Gasteiger partial charge in [-0.25, -0.2) is 4.98 Å². The maximum absolute atomic E-state index is 5.39. The topological polar surface area (TPSA) is 43.4 Å². The minimum Gasteiger partial charge on any atom is -0.454 e. The first-order valence-electron chi connectivity index (χ1n) is 6.42. The third-order valence-electron chi connectivity index (χ3n) is 2.90. The molecule has 3 rings (SSSR count). The highest BCUT2D eigenvalue weighted by Crippen LogP contribution is 2.36. The Morgan fingerprint density at radius 1 is 1.32 bits per heavy atom. The molecule has 1 aromatic heterocycles. The first-order valence-corrected chi connectivity index (χ1v) is 7.24. The highest BCUT2D eigenvalue weighted by molar-refractivity contribution is 7.15. The average Bonchev–Trinajstić information content (AvgIpc) is 3.06. The number of ether oxygens (including phenoxy) is 2. The number of nitrogens with zero attached hydrogens (tertiary/aromatic N) is 1. The lowest BCUT2D eigenvalue weighted by Crippen LogP contribution is -2.12. The van der Waals surface area contributed by atoms with Crippen molar-refractivity contribution >= 4 is 11.3 Å². The fourth-order valence-electron chi connectivity index (χ4n) is 1.94. The summed E-state index contributed by atoms with van der Waals surface area (Å²) in [4.78, 5) is 5.72. The van der Waals surface area contributed by atoms with Crippen LogP contribution in [-0.2, 0) is 6.54 Å². The van der Waals surface area contributed by atoms with E-state index in [9.17, 15) is 0 Å². The van der Waals surface area contributed by atoms with Gasteiger partial charge in [0.05, 0.1) is 0 Å². The second-order valence-electron chi connectivity index (χ2n) is 4.38. The predicted octanol–water partition coefficient (Wildman–Crippen LogP) is 3.04. The van der Waals surface area contributed by atoms with E-state index in [-0.39, 0.29) is 0 Å². The van der Waals surface area contributed by atoms with E-state index in [1.807, 2.05) is 24.4 Å². The van der Waals surface area contributed by atoms with Crippen LogP contribution in [0.3, 0.4) is 0 Å². The van der Waals surface area contributed by atoms with Crippen molar-refractivity contribution in [3.63, 3.8) is 0 Å². The summed E-state index contributed by atoms with van der Waals surface area (Å²) in [6, 6.07) is 5.95. The summed E-state index contributed by atoms with van der Waals surface area (Å²) in [6.07, 6.45) is 3.08. The molecule has 1 aliphatic rings. The first kappa shape index (κ1) is 12.4. The van der Waals surface area contributed by atoms with Crippen LogP contribution in [-0.4, -0.2) is 18.3 Å². The third-order valence-corrected chi connectivity index (χ3v) is 3.95. The summed E-state index contributed by atoms with van der Waals surface area (Å²) >= 11 is 1.71. The first-order chi connectivity index (χ1) is 9.36. The van der Waals surface area contributed by atoms with Crippen LogP contribution in [0.4, 0.5) is 0 Å². The molecule has 0 saturated heterocycles. The van der Waals surface area contributed by atoms with E-state index in [2.05, 4.69) is 17.2 Å². The number of fused-ring (bicyclic) bond motifs is 1. The van der Waals surface area contributed by atoms with Gasteiger partial charge in [0.1, 0.15) is 5.01 Å². The van der Waals surface area contributed by atoms with Gasteiger partial charge >= 0.3 is 0 Å². The summed E-state index contributed by atoms with van der Waals surface area (Å²) in [6.45, 7) is 4.40. The molecule has 5 heteroatoms. The van der Waals surface area contributed by atoms with Crippen molar-refractivity contribution in [3.05, 3.63) is 29.3 Å². The Kier molecular flexibility index (Phi) is 3.66. The SMILES string of the molecule is CCCNCc1cnc(-c2ccc3c(c2)OCO3)s1. The van der Waals surface area contributed by atoms with Crippen LogP contribution in [0.25, 0.3) is 10.6 Å². The lowest BCUT2D eigenvalue weighted by molar-refractivity contribution is 0.174. The zero-order chi connectivity index (χ0) is 13.1. The Bertz CT molecular complexity index is 568. The predicted molar refractivity (Wildman–Crippen MR) is 75.7 cm³/mol. The Morgan fingerprint density at radius 2 is 2.21 bits per heavy atom. The van der Waals surface area contributed by atoms with Crippen molar-refractivity contribution in [1.29, 1.82) is 0 Å². The van der Waals surface area contributed by atoms with E-state index in [0.29, 0.717) is 6.79 Å². The van der Waals surface area contributed by atoms with Crippen molar-refractivity contribution in [2.75, 3.05) is 13.3 Å². The Morgan fingerprint density at radius 3 is 3.11 bits per heavy atom. The molecule has 0 fully saturated rings. The minimum atomic E-state index is 0.308. The average molecular weight is 276 g/mol. The quantitative estimate of drug-likeness (QED) is 0.852. The molecule has 1 aliphatic heterocycles. The molecule has 0 unspecified atom stereocenters. The Hall–Kier alpha value is -1.59. The summed E-state index contributed by atoms with van der Waals surface area (Å²) in [7, 11) is 0. The monoisotopic (exact) mass is 276 g/mol. The van der Waals surface area contributed by atoms with Crippen molar-refractivity contribution < 1.29 is 9.47 Å². The maximum atomic E-state index is 5.39. The van der Waals surface area contributed by atoms with E-state index < -0.39 is 0 Å². The molecule has 4 nitrogen and oxygen atoms in total. The summed E-state index contributed by atoms with van der Waals surface area (Å²) in [5, 5.41) is 4.40. The van der Waals surface area contributed by atoms with Gasteiger partial charge in [0.15, 0.2) is 11.5 Å². The molecular weight excluding hydrogens is 260 g/mol. The molecule has 2 aromatic rings. The molecule has 2 heterocycles. The summed E-state index contributed by atoms with van der Waals surface area (Å²) < 4.78 is 10.7. The molecule has 0 aliphatic carbocycles. The highest BCUT2D eigenvalue weighted by atomic mass is 32.1. The van der Waals surface area contributed by atoms with Gasteiger partial charge in [0.25, 0.3) is 0 Å². The number of hydrogen-bond donors (Lipinski definition) is 1. The number of rotatable bonds is 5. The summed E-state index contributed by atoms with van der Waals surface area (Å²) in [5.41, 5.74) is 1.08. The molecule has 19 heavy (non-hydrogen) atoms. The number of hydrogen-bond acceptors (Lipinski definition) is 5. The normalized spacial score (nSPS) is 12.9. The number of benzene rings is 1. The standard InChI is InChI=1S/C14H16N2O2S/c1-2-5-15-7-11-8-16-14(19-11)10-3-4-12-13(6-10)18-9-17-12/h3-4,6,8,15H,2,5,7,9H2,1H3. The van der Waals surface area contributed by atoms with Gasteiger partial charge in [-0.1, -0.05) is 6.92 Å². The number of nitrogens with one attached hydrogen (secondary N) is 1. The third kappa shape index (κ3) is 2.72. The fourth-order valence-corrected chi connectivity index (χ4v) is 2.82. The van der Waals surface area contributed by atoms with Crippen LogP contribution >= 0.6 is 11.3 Å². The van der Waals surface area contributed by atoms with Crippen LogP contribution in [0.2, 0.25) is 0 Å². The Labute approximate surface area is 116 Å². The molecule has 0 bridgehead atoms. The van der Waals surface area contributed by atoms with Gasteiger partial charge in [0.2, 0.25) is 6.79 Å². The van der Waals surface area contributed by atoms with E-state index in [0.717, 1.165) is 41.6 Å². The molecule has 1 aromatic carbocycles. The van der Waals surface area contributed by atoms with Gasteiger partial charge < -0.3 is 14.8 Å². The van der Waals surface area contributed by atoms with Gasteiger partial charge in [-0.15, -0.1) is 11.3 Å². The van der Waals surface area contributed by atoms with Crippen LogP contribution in [0, 0.1) is 0 Å². The van der Waals surface area contributed by atoms with Crippen LogP contribution in [0.1, 0.15) is 18.2 Å². The van der Waals surface area contributed by atoms with Crippen LogP contribution in [0.5, 0.6) is 11.5 Å². The van der Waals surface area contributed by atoms with E-state index in [4.69, 9.17) is 9.47 Å². The van der Waals surface area contributed by atoms with Crippen molar-refractivity contribution in [2.45, 2.75) is 19.9 Å². The van der Waals surface area contributed by atoms with Gasteiger partial charge in [0, 0.05) is 23.2 Å². The second kappa shape index (κ2) is 5.59. The maximum Gasteiger partial charge on any atom is 0.231 e. The zero-order valence-corrected chi connectivity index (χ0v) is 11.6. The van der Waals surface area contributed by atoms with E-state index in [1.54, 1.807) is 11.3 Å². The molecule has 100 valence electrons. The van der Waals surface area contributed by atoms with Gasteiger partial charge in [-0.05, 0) is 31.2 Å². The van der Waals surface area contributed by atoms with Crippen molar-refractivity contribution in [2.24, 2.45) is 0 Å². The minimum absolute atomic E-state index is 0.308. The molecule has 0 amide bonds. The number of aromatic nitrogens is 1. The summed E-state index contributed by atoms with van der Waals surface area (Å²) in [5.74, 6) is 1.61. The zero-order valence-electron chi connectivity index (χ0n) is 10.8. The molecule has 0 saturated carbocycles. The van der Waals surface area contributed by atoms with Crippen molar-refractivity contribution in [3.8, 4) is 22.1 Å². The molecular formula is C14H16N2O2S. The molecule has 1 N–H and O–H groups in total. The lowest BCUT2D eigenvalue weighted by atomic mass is 10.2. The lowest BCUT2D eigenvalue weighted by Gasteiger charge is -1.99.